The summed E-state index contributed by atoms with van der Waals surface area (Å²) in [6.07, 6.45) is 6.03. The second-order valence-corrected chi connectivity index (χ2v) is 5.65. The molecule has 0 aromatic carbocycles. The van der Waals surface area contributed by atoms with E-state index in [9.17, 15) is 0 Å². The van der Waals surface area contributed by atoms with Gasteiger partial charge in [0.1, 0.15) is 0 Å². The summed E-state index contributed by atoms with van der Waals surface area (Å²) in [5.41, 5.74) is 0. The molecule has 0 aromatic heterocycles. The molecule has 0 saturated heterocycles. The Bertz CT molecular complexity index is 126. The van der Waals surface area contributed by atoms with Crippen molar-refractivity contribution in [1.29, 1.82) is 0 Å². The number of fused-ring (bicyclic) bond motifs is 2. The first-order chi connectivity index (χ1) is 5.33. The fourth-order valence-corrected chi connectivity index (χ4v) is 4.14. The molecule has 2 rings (SSSR count). The summed E-state index contributed by atoms with van der Waals surface area (Å²) in [7, 11) is 1.76. The molecule has 2 bridgehead atoms. The van der Waals surface area contributed by atoms with Gasteiger partial charge in [0, 0.05) is 5.25 Å². The molecule has 2 aliphatic rings. The Morgan fingerprint density at radius 3 is 2.00 bits per heavy atom. The maximum atomic E-state index is 4.32. The lowest BCUT2D eigenvalue weighted by Gasteiger charge is -2.20. The van der Waals surface area contributed by atoms with Gasteiger partial charge < -0.3 is 0 Å². The Morgan fingerprint density at radius 1 is 1.18 bits per heavy atom. The average Bonchev–Trinajstić information content (AvgIpc) is 2.61. The molecule has 64 valence electrons. The molecule has 1 unspecified atom stereocenters. The van der Waals surface area contributed by atoms with E-state index in [4.69, 9.17) is 0 Å². The molecule has 2 saturated carbocycles. The van der Waals surface area contributed by atoms with Crippen molar-refractivity contribution in [3.8, 4) is 0 Å². The van der Waals surface area contributed by atoms with Gasteiger partial charge >= 0.3 is 0 Å². The third-order valence-electron chi connectivity index (χ3n) is 3.61. The van der Waals surface area contributed by atoms with Gasteiger partial charge in [0.2, 0.25) is 0 Å². The van der Waals surface area contributed by atoms with E-state index in [1.165, 1.54) is 25.7 Å². The van der Waals surface area contributed by atoms with Gasteiger partial charge in [-0.15, -0.1) is 11.7 Å². The number of rotatable bonds is 2. The molecular weight excluding hydrogens is 172 g/mol. The molecule has 2 fully saturated rings. The van der Waals surface area contributed by atoms with Crippen molar-refractivity contribution in [2.75, 3.05) is 0 Å². The normalized spacial score (nSPS) is 44.7. The van der Waals surface area contributed by atoms with Crippen LogP contribution in [-0.4, -0.2) is 5.25 Å². The summed E-state index contributed by atoms with van der Waals surface area (Å²) >= 11 is 4.32. The molecule has 0 nitrogen and oxygen atoms in total. The van der Waals surface area contributed by atoms with Crippen LogP contribution in [0.2, 0.25) is 0 Å². The highest BCUT2D eigenvalue weighted by molar-refractivity contribution is 8.68. The molecule has 2 aliphatic carbocycles. The molecule has 0 amide bonds. The van der Waals surface area contributed by atoms with Gasteiger partial charge in [-0.2, -0.15) is 0 Å². The lowest BCUT2D eigenvalue weighted by atomic mass is 9.95. The third-order valence-corrected chi connectivity index (χ3v) is 5.26. The van der Waals surface area contributed by atoms with E-state index in [1.807, 2.05) is 0 Å². The minimum atomic E-state index is 0.790. The van der Waals surface area contributed by atoms with Crippen molar-refractivity contribution in [2.45, 2.75) is 37.9 Å². The lowest BCUT2D eigenvalue weighted by molar-refractivity contribution is 0.404. The van der Waals surface area contributed by atoms with Crippen LogP contribution in [0.3, 0.4) is 0 Å². The zero-order chi connectivity index (χ0) is 7.84. The predicted octanol–water partition coefficient (Wildman–Crippen LogP) is 3.39. The average molecular weight is 188 g/mol. The summed E-state index contributed by atoms with van der Waals surface area (Å²) in [6, 6.07) is 0. The standard InChI is InChI=1S/C9H16S2/c1-6(11-10)9-7-2-3-8(9)5-4-7/h6-10H,2-5H2,1H3. The first-order valence-corrected chi connectivity index (χ1v) is 6.56. The molecule has 11 heavy (non-hydrogen) atoms. The largest absolute Gasteiger partial charge is 0.111 e. The number of hydrogen-bond acceptors (Lipinski definition) is 2. The van der Waals surface area contributed by atoms with E-state index >= 15 is 0 Å². The maximum absolute atomic E-state index is 4.32. The van der Waals surface area contributed by atoms with Crippen LogP contribution in [-0.2, 0) is 0 Å². The molecular formula is C9H16S2. The van der Waals surface area contributed by atoms with Crippen LogP contribution < -0.4 is 0 Å². The van der Waals surface area contributed by atoms with Gasteiger partial charge in [0.05, 0.1) is 0 Å². The molecule has 0 radical (unpaired) electrons. The number of thiol groups is 1. The van der Waals surface area contributed by atoms with E-state index in [2.05, 4.69) is 18.6 Å². The Morgan fingerprint density at radius 2 is 1.64 bits per heavy atom. The van der Waals surface area contributed by atoms with Crippen LogP contribution in [0.25, 0.3) is 0 Å². The van der Waals surface area contributed by atoms with Crippen LogP contribution in [0.5, 0.6) is 0 Å². The zero-order valence-corrected chi connectivity index (χ0v) is 8.70. The van der Waals surface area contributed by atoms with Crippen molar-refractivity contribution in [1.82, 2.24) is 0 Å². The fraction of sp³-hybridized carbons (Fsp3) is 1.00. The highest BCUT2D eigenvalue weighted by Crippen LogP contribution is 2.53. The monoisotopic (exact) mass is 188 g/mol. The summed E-state index contributed by atoms with van der Waals surface area (Å²) in [5.74, 6) is 3.14. The number of hydrogen-bond donors (Lipinski definition) is 1. The van der Waals surface area contributed by atoms with Crippen LogP contribution in [0.1, 0.15) is 32.6 Å². The fourth-order valence-electron chi connectivity index (χ4n) is 3.14. The SMILES string of the molecule is CC(SS)C1C2CCC1CC2. The topological polar surface area (TPSA) is 0 Å². The molecule has 0 aliphatic heterocycles. The minimum Gasteiger partial charge on any atom is -0.111 e. The second-order valence-electron chi connectivity index (χ2n) is 4.06. The van der Waals surface area contributed by atoms with Gasteiger partial charge in [-0.1, -0.05) is 17.7 Å². The molecule has 0 spiro atoms. The van der Waals surface area contributed by atoms with Gasteiger partial charge in [0.15, 0.2) is 0 Å². The van der Waals surface area contributed by atoms with Crippen molar-refractivity contribution in [3.63, 3.8) is 0 Å². The lowest BCUT2D eigenvalue weighted by Crippen LogP contribution is -2.17. The van der Waals surface area contributed by atoms with Gasteiger partial charge in [0.25, 0.3) is 0 Å². The van der Waals surface area contributed by atoms with E-state index in [0.717, 1.165) is 23.0 Å². The molecule has 0 aromatic rings. The van der Waals surface area contributed by atoms with Crippen LogP contribution >= 0.6 is 22.5 Å². The smallest absolute Gasteiger partial charge is 0.0154 e. The van der Waals surface area contributed by atoms with Gasteiger partial charge in [-0.3, -0.25) is 0 Å². The molecule has 2 heteroatoms. The quantitative estimate of drug-likeness (QED) is 0.512. The summed E-state index contributed by atoms with van der Waals surface area (Å²) in [6.45, 7) is 2.35. The summed E-state index contributed by atoms with van der Waals surface area (Å²) in [5, 5.41) is 0.790. The highest BCUT2D eigenvalue weighted by Gasteiger charge is 2.43. The summed E-state index contributed by atoms with van der Waals surface area (Å²) < 4.78 is 0. The first kappa shape index (κ1) is 8.31. The zero-order valence-electron chi connectivity index (χ0n) is 6.99. The van der Waals surface area contributed by atoms with Gasteiger partial charge in [-0.05, 0) is 43.4 Å². The predicted molar refractivity (Wildman–Crippen MR) is 55.0 cm³/mol. The second kappa shape index (κ2) is 3.21. The van der Waals surface area contributed by atoms with E-state index in [-0.39, 0.29) is 0 Å². The van der Waals surface area contributed by atoms with E-state index < -0.39 is 0 Å². The highest BCUT2D eigenvalue weighted by atomic mass is 33.1. The van der Waals surface area contributed by atoms with Crippen molar-refractivity contribution in [2.24, 2.45) is 17.8 Å². The van der Waals surface area contributed by atoms with Crippen LogP contribution in [0.15, 0.2) is 0 Å². The Labute approximate surface area is 78.3 Å². The van der Waals surface area contributed by atoms with Gasteiger partial charge in [-0.25, -0.2) is 0 Å². The van der Waals surface area contributed by atoms with Crippen molar-refractivity contribution >= 4 is 22.5 Å². The Kier molecular flexibility index (Phi) is 2.43. The minimum absolute atomic E-state index is 0.790. The molecule has 0 N–H and O–H groups in total. The molecule has 0 heterocycles. The van der Waals surface area contributed by atoms with Crippen molar-refractivity contribution in [3.05, 3.63) is 0 Å². The van der Waals surface area contributed by atoms with E-state index in [0.29, 0.717) is 0 Å². The Hall–Kier alpha value is 0.700. The Balaban J connectivity index is 2.03. The maximum Gasteiger partial charge on any atom is 0.0154 e. The molecule has 1 atom stereocenters. The van der Waals surface area contributed by atoms with E-state index in [1.54, 1.807) is 10.8 Å². The first-order valence-electron chi connectivity index (χ1n) is 4.63. The third kappa shape index (κ3) is 1.33. The van der Waals surface area contributed by atoms with Crippen molar-refractivity contribution < 1.29 is 0 Å². The van der Waals surface area contributed by atoms with Crippen LogP contribution in [0, 0.1) is 17.8 Å². The summed E-state index contributed by atoms with van der Waals surface area (Å²) in [4.78, 5) is 0. The van der Waals surface area contributed by atoms with Crippen LogP contribution in [0.4, 0.5) is 0 Å².